The topological polar surface area (TPSA) is 75.3 Å². The van der Waals surface area contributed by atoms with E-state index in [4.69, 9.17) is 23.1 Å². The molecule has 0 aliphatic rings. The zero-order valence-corrected chi connectivity index (χ0v) is 8.66. The van der Waals surface area contributed by atoms with E-state index in [1.165, 1.54) is 6.20 Å². The number of aliphatic hydroxyl groups excluding tert-OH is 1. The first-order valence-electron chi connectivity index (χ1n) is 4.09. The van der Waals surface area contributed by atoms with Gasteiger partial charge in [-0.05, 0) is 0 Å². The van der Waals surface area contributed by atoms with Gasteiger partial charge in [0.2, 0.25) is 0 Å². The van der Waals surface area contributed by atoms with Crippen LogP contribution >= 0.6 is 12.2 Å². The molecule has 6 heteroatoms. The highest BCUT2D eigenvalue weighted by molar-refractivity contribution is 7.80. The van der Waals surface area contributed by atoms with Gasteiger partial charge in [0.25, 0.3) is 0 Å². The van der Waals surface area contributed by atoms with Gasteiger partial charge in [0.05, 0.1) is 6.61 Å². The van der Waals surface area contributed by atoms with Crippen molar-refractivity contribution in [3.8, 4) is 0 Å². The standard InChI is InChI=1S/C8H12N4OS/c1-12(4-5-13)8-6(7(9)14)10-2-3-11-8/h2-3,13H,4-5H2,1H3,(H2,9,14). The molecule has 0 amide bonds. The molecular weight excluding hydrogens is 200 g/mol. The highest BCUT2D eigenvalue weighted by Gasteiger charge is 2.11. The second kappa shape index (κ2) is 4.83. The van der Waals surface area contributed by atoms with Crippen molar-refractivity contribution < 1.29 is 5.11 Å². The lowest BCUT2D eigenvalue weighted by molar-refractivity contribution is 0.304. The van der Waals surface area contributed by atoms with Crippen LogP contribution in [0.4, 0.5) is 5.82 Å². The molecule has 0 spiro atoms. The smallest absolute Gasteiger partial charge is 0.157 e. The van der Waals surface area contributed by atoms with Crippen molar-refractivity contribution in [3.63, 3.8) is 0 Å². The van der Waals surface area contributed by atoms with Crippen LogP contribution in [-0.2, 0) is 0 Å². The number of aromatic nitrogens is 2. The van der Waals surface area contributed by atoms with E-state index in [9.17, 15) is 0 Å². The van der Waals surface area contributed by atoms with Crippen molar-refractivity contribution in [2.24, 2.45) is 5.73 Å². The van der Waals surface area contributed by atoms with E-state index in [1.807, 2.05) is 0 Å². The van der Waals surface area contributed by atoms with Gasteiger partial charge in [0.15, 0.2) is 5.82 Å². The maximum absolute atomic E-state index is 8.77. The minimum Gasteiger partial charge on any atom is -0.395 e. The Morgan fingerprint density at radius 3 is 2.79 bits per heavy atom. The summed E-state index contributed by atoms with van der Waals surface area (Å²) in [5, 5.41) is 8.77. The first-order chi connectivity index (χ1) is 6.66. The van der Waals surface area contributed by atoms with Crippen LogP contribution in [0.25, 0.3) is 0 Å². The quantitative estimate of drug-likeness (QED) is 0.658. The zero-order chi connectivity index (χ0) is 10.6. The molecule has 0 radical (unpaired) electrons. The Kier molecular flexibility index (Phi) is 3.73. The second-order valence-corrected chi connectivity index (χ2v) is 3.18. The molecule has 0 aliphatic heterocycles. The molecule has 0 saturated heterocycles. The number of hydrogen-bond acceptors (Lipinski definition) is 5. The molecule has 0 bridgehead atoms. The summed E-state index contributed by atoms with van der Waals surface area (Å²) in [6.45, 7) is 0.512. The first kappa shape index (κ1) is 10.8. The maximum atomic E-state index is 8.77. The third-order valence-corrected chi connectivity index (χ3v) is 1.90. The first-order valence-corrected chi connectivity index (χ1v) is 4.50. The lowest BCUT2D eigenvalue weighted by Crippen LogP contribution is -2.26. The molecule has 76 valence electrons. The van der Waals surface area contributed by atoms with Gasteiger partial charge in [-0.1, -0.05) is 12.2 Å². The minimum absolute atomic E-state index is 0.0455. The minimum atomic E-state index is 0.0455. The highest BCUT2D eigenvalue weighted by Crippen LogP contribution is 2.12. The molecule has 5 nitrogen and oxygen atoms in total. The van der Waals surface area contributed by atoms with Gasteiger partial charge in [-0.15, -0.1) is 0 Å². The number of anilines is 1. The molecule has 0 saturated carbocycles. The van der Waals surface area contributed by atoms with Crippen molar-refractivity contribution in [2.75, 3.05) is 25.1 Å². The average molecular weight is 212 g/mol. The van der Waals surface area contributed by atoms with Crippen LogP contribution in [-0.4, -0.2) is 40.3 Å². The third-order valence-electron chi connectivity index (χ3n) is 1.71. The second-order valence-electron chi connectivity index (χ2n) is 2.74. The summed E-state index contributed by atoms with van der Waals surface area (Å²) in [6, 6.07) is 0. The van der Waals surface area contributed by atoms with Crippen LogP contribution in [0.1, 0.15) is 5.69 Å². The SMILES string of the molecule is CN(CCO)c1nccnc1C(N)=S. The number of hydrogen-bond donors (Lipinski definition) is 2. The van der Waals surface area contributed by atoms with Gasteiger partial charge in [-0.2, -0.15) is 0 Å². The summed E-state index contributed by atoms with van der Waals surface area (Å²) in [5.74, 6) is 0.592. The molecule has 0 fully saturated rings. The normalized spacial score (nSPS) is 9.86. The van der Waals surface area contributed by atoms with Crippen LogP contribution < -0.4 is 10.6 Å². The molecule has 1 rings (SSSR count). The number of aliphatic hydroxyl groups is 1. The molecule has 1 aromatic rings. The highest BCUT2D eigenvalue weighted by atomic mass is 32.1. The van der Waals surface area contributed by atoms with Crippen molar-refractivity contribution >= 4 is 23.0 Å². The Hall–Kier alpha value is -1.27. The Morgan fingerprint density at radius 1 is 1.57 bits per heavy atom. The van der Waals surface area contributed by atoms with Crippen molar-refractivity contribution in [1.82, 2.24) is 9.97 Å². The van der Waals surface area contributed by atoms with Gasteiger partial charge in [0, 0.05) is 26.0 Å². The Balaban J connectivity index is 3.00. The van der Waals surface area contributed by atoms with Gasteiger partial charge in [-0.3, -0.25) is 0 Å². The van der Waals surface area contributed by atoms with Gasteiger partial charge < -0.3 is 15.7 Å². The van der Waals surface area contributed by atoms with Crippen molar-refractivity contribution in [1.29, 1.82) is 0 Å². The number of likely N-dealkylation sites (N-methyl/N-ethyl adjacent to an activating group) is 1. The summed E-state index contributed by atoms with van der Waals surface area (Å²) >= 11 is 4.84. The average Bonchev–Trinajstić information content (AvgIpc) is 2.18. The summed E-state index contributed by atoms with van der Waals surface area (Å²) in [4.78, 5) is 10.1. The molecular formula is C8H12N4OS. The molecule has 0 aromatic carbocycles. The van der Waals surface area contributed by atoms with Crippen LogP contribution in [0, 0.1) is 0 Å². The van der Waals surface area contributed by atoms with E-state index in [1.54, 1.807) is 18.1 Å². The largest absolute Gasteiger partial charge is 0.395 e. The van der Waals surface area contributed by atoms with E-state index in [0.29, 0.717) is 18.1 Å². The third kappa shape index (κ3) is 2.36. The van der Waals surface area contributed by atoms with Gasteiger partial charge in [0.1, 0.15) is 10.7 Å². The fraction of sp³-hybridized carbons (Fsp3) is 0.375. The Labute approximate surface area is 87.6 Å². The molecule has 0 unspecified atom stereocenters. The number of rotatable bonds is 4. The van der Waals surface area contributed by atoms with Crippen LogP contribution in [0.15, 0.2) is 12.4 Å². The predicted octanol–water partition coefficient (Wildman–Crippen LogP) is -0.461. The van der Waals surface area contributed by atoms with Gasteiger partial charge >= 0.3 is 0 Å². The summed E-state index contributed by atoms with van der Waals surface area (Å²) in [7, 11) is 1.79. The molecule has 0 atom stereocenters. The fourth-order valence-corrected chi connectivity index (χ4v) is 1.18. The van der Waals surface area contributed by atoms with E-state index >= 15 is 0 Å². The Bertz CT molecular complexity index is 331. The van der Waals surface area contributed by atoms with Crippen molar-refractivity contribution in [2.45, 2.75) is 0 Å². The lowest BCUT2D eigenvalue weighted by atomic mass is 10.3. The molecule has 1 heterocycles. The van der Waals surface area contributed by atoms with E-state index in [2.05, 4.69) is 9.97 Å². The Morgan fingerprint density at radius 2 is 2.21 bits per heavy atom. The summed E-state index contributed by atoms with van der Waals surface area (Å²) in [5.41, 5.74) is 5.97. The molecule has 3 N–H and O–H groups in total. The maximum Gasteiger partial charge on any atom is 0.157 e. The monoisotopic (exact) mass is 212 g/mol. The van der Waals surface area contributed by atoms with Gasteiger partial charge in [-0.25, -0.2) is 9.97 Å². The van der Waals surface area contributed by atoms with Crippen LogP contribution in [0.5, 0.6) is 0 Å². The molecule has 1 aromatic heterocycles. The lowest BCUT2D eigenvalue weighted by Gasteiger charge is -2.18. The predicted molar refractivity (Wildman–Crippen MR) is 58.3 cm³/mol. The number of nitrogens with two attached hydrogens (primary N) is 1. The fourth-order valence-electron chi connectivity index (χ4n) is 1.04. The van der Waals surface area contributed by atoms with Crippen LogP contribution in [0.3, 0.4) is 0 Å². The number of thiocarbonyl (C=S) groups is 1. The number of nitrogens with zero attached hydrogens (tertiary/aromatic N) is 3. The van der Waals surface area contributed by atoms with Crippen molar-refractivity contribution in [3.05, 3.63) is 18.1 Å². The van der Waals surface area contributed by atoms with E-state index < -0.39 is 0 Å². The summed E-state index contributed by atoms with van der Waals surface area (Å²) in [6.07, 6.45) is 3.09. The zero-order valence-electron chi connectivity index (χ0n) is 7.84. The van der Waals surface area contributed by atoms with E-state index in [0.717, 1.165) is 0 Å². The summed E-state index contributed by atoms with van der Waals surface area (Å²) < 4.78 is 0. The van der Waals surface area contributed by atoms with E-state index in [-0.39, 0.29) is 11.6 Å². The molecule has 0 aliphatic carbocycles. The van der Waals surface area contributed by atoms with Crippen LogP contribution in [0.2, 0.25) is 0 Å². The molecule has 14 heavy (non-hydrogen) atoms.